The molecule has 0 bridgehead atoms. The van der Waals surface area contributed by atoms with E-state index in [4.69, 9.17) is 4.74 Å². The van der Waals surface area contributed by atoms with E-state index in [2.05, 4.69) is 9.82 Å². The Labute approximate surface area is 198 Å². The Morgan fingerprint density at radius 1 is 1.06 bits per heavy atom. The summed E-state index contributed by atoms with van der Waals surface area (Å²) in [7, 11) is -3.43. The van der Waals surface area contributed by atoms with Crippen molar-refractivity contribution in [1.82, 2.24) is 14.5 Å². The van der Waals surface area contributed by atoms with Gasteiger partial charge in [-0.2, -0.15) is 5.10 Å². The fraction of sp³-hybridized carbons (Fsp3) is 0.269. The molecule has 0 aliphatic heterocycles. The van der Waals surface area contributed by atoms with Crippen molar-refractivity contribution in [2.24, 2.45) is 0 Å². The number of aromatic nitrogens is 2. The van der Waals surface area contributed by atoms with Crippen molar-refractivity contribution in [1.29, 1.82) is 0 Å². The maximum Gasteiger partial charge on any atom is 0.215 e. The Bertz CT molecular complexity index is 1410. The van der Waals surface area contributed by atoms with Crippen molar-refractivity contribution in [3.05, 3.63) is 90.4 Å². The molecule has 1 atom stereocenters. The third kappa shape index (κ3) is 4.56. The molecule has 176 valence electrons. The number of rotatable bonds is 8. The summed E-state index contributed by atoms with van der Waals surface area (Å²) in [6.07, 6.45) is 2.55. The zero-order valence-corrected chi connectivity index (χ0v) is 19.8. The maximum absolute atomic E-state index is 13.3. The van der Waals surface area contributed by atoms with E-state index in [-0.39, 0.29) is 11.1 Å². The van der Waals surface area contributed by atoms with Gasteiger partial charge in [0.25, 0.3) is 0 Å². The number of ether oxygens (including phenoxy) is 1. The van der Waals surface area contributed by atoms with Gasteiger partial charge in [-0.3, -0.25) is 0 Å². The fourth-order valence-electron chi connectivity index (χ4n) is 4.15. The summed E-state index contributed by atoms with van der Waals surface area (Å²) in [6.45, 7) is 3.69. The molecule has 4 aromatic rings. The second-order valence-electron chi connectivity index (χ2n) is 9.23. The molecule has 0 unspecified atom stereocenters. The number of hydrogen-bond acceptors (Lipinski definition) is 4. The Morgan fingerprint density at radius 3 is 2.44 bits per heavy atom. The summed E-state index contributed by atoms with van der Waals surface area (Å²) in [6, 6.07) is 21.4. The Hall–Kier alpha value is -3.23. The molecular weight excluding hydrogens is 453 g/mol. The van der Waals surface area contributed by atoms with E-state index in [9.17, 15) is 12.8 Å². The quantitative estimate of drug-likeness (QED) is 0.380. The number of nitrogens with zero attached hydrogens (tertiary/aromatic N) is 2. The topological polar surface area (TPSA) is 73.2 Å². The highest BCUT2D eigenvalue weighted by molar-refractivity contribution is 7.90. The van der Waals surface area contributed by atoms with Crippen LogP contribution in [0.5, 0.6) is 5.75 Å². The van der Waals surface area contributed by atoms with Crippen LogP contribution in [0.25, 0.3) is 16.6 Å². The molecule has 6 nitrogen and oxygen atoms in total. The molecule has 0 amide bonds. The van der Waals surface area contributed by atoms with E-state index in [0.29, 0.717) is 18.6 Å². The Kier molecular flexibility index (Phi) is 5.65. The lowest BCUT2D eigenvalue weighted by Gasteiger charge is -2.35. The highest BCUT2D eigenvalue weighted by atomic mass is 32.2. The highest BCUT2D eigenvalue weighted by Gasteiger charge is 2.43. The predicted octanol–water partition coefficient (Wildman–Crippen LogP) is 5.15. The lowest BCUT2D eigenvalue weighted by Crippen LogP contribution is -2.50. The zero-order chi connectivity index (χ0) is 23.9. The van der Waals surface area contributed by atoms with Crippen molar-refractivity contribution in [2.45, 2.75) is 43.6 Å². The molecule has 1 aromatic heterocycles. The van der Waals surface area contributed by atoms with Gasteiger partial charge in [-0.25, -0.2) is 22.2 Å². The molecule has 1 saturated carbocycles. The summed E-state index contributed by atoms with van der Waals surface area (Å²) < 4.78 is 49.8. The Morgan fingerprint density at radius 2 is 1.76 bits per heavy atom. The van der Waals surface area contributed by atoms with Crippen LogP contribution >= 0.6 is 0 Å². The monoisotopic (exact) mass is 479 g/mol. The minimum atomic E-state index is -3.43. The van der Waals surface area contributed by atoms with Gasteiger partial charge in [-0.05, 0) is 74.7 Å². The highest BCUT2D eigenvalue weighted by Crippen LogP contribution is 2.36. The van der Waals surface area contributed by atoms with Crippen LogP contribution in [0.1, 0.15) is 38.4 Å². The first-order valence-corrected chi connectivity index (χ1v) is 12.8. The first-order chi connectivity index (χ1) is 16.2. The van der Waals surface area contributed by atoms with Crippen LogP contribution in [0.15, 0.2) is 79.0 Å². The van der Waals surface area contributed by atoms with Gasteiger partial charge >= 0.3 is 0 Å². The smallest absolute Gasteiger partial charge is 0.215 e. The number of nitrogens with one attached hydrogen (secondary N) is 1. The second-order valence-corrected chi connectivity index (χ2v) is 11.2. The van der Waals surface area contributed by atoms with Crippen molar-refractivity contribution >= 4 is 20.9 Å². The van der Waals surface area contributed by atoms with Crippen molar-refractivity contribution in [3.63, 3.8) is 0 Å². The SMILES string of the molecule is CC(C)(NS(=O)(=O)C1CC1)[C@H](Oc1ccc2c(cnn2-c2ccc(F)cc2)c1)c1ccccc1. The van der Waals surface area contributed by atoms with E-state index in [1.54, 1.807) is 23.0 Å². The van der Waals surface area contributed by atoms with E-state index in [1.807, 2.05) is 62.4 Å². The van der Waals surface area contributed by atoms with Crippen LogP contribution in [-0.4, -0.2) is 29.0 Å². The molecule has 1 aliphatic rings. The number of sulfonamides is 1. The van der Waals surface area contributed by atoms with Gasteiger partial charge < -0.3 is 4.74 Å². The van der Waals surface area contributed by atoms with Crippen LogP contribution in [0.3, 0.4) is 0 Å². The average molecular weight is 480 g/mol. The molecule has 0 spiro atoms. The number of halogens is 1. The third-order valence-corrected chi connectivity index (χ3v) is 8.15. The fourth-order valence-corrected chi connectivity index (χ4v) is 5.91. The predicted molar refractivity (Wildman–Crippen MR) is 130 cm³/mol. The lowest BCUT2D eigenvalue weighted by atomic mass is 9.92. The molecule has 3 aromatic carbocycles. The van der Waals surface area contributed by atoms with Crippen molar-refractivity contribution < 1.29 is 17.5 Å². The number of hydrogen-bond donors (Lipinski definition) is 1. The van der Waals surface area contributed by atoms with E-state index < -0.39 is 21.7 Å². The van der Waals surface area contributed by atoms with Gasteiger partial charge in [-0.1, -0.05) is 30.3 Å². The van der Waals surface area contributed by atoms with E-state index in [0.717, 1.165) is 22.2 Å². The van der Waals surface area contributed by atoms with Gasteiger partial charge in [-0.15, -0.1) is 0 Å². The first kappa shape index (κ1) is 22.6. The average Bonchev–Trinajstić information content (AvgIpc) is 3.59. The standard InChI is InChI=1S/C26H26FN3O3S/c1-26(2,29-34(31,32)23-13-14-23)25(18-6-4-3-5-7-18)33-22-12-15-24-19(16-22)17-28-30(24)21-10-8-20(27)9-11-21/h3-12,15-17,23,25,29H,13-14H2,1-2H3/t25-/m1/s1. The van der Waals surface area contributed by atoms with Crippen molar-refractivity contribution in [2.75, 3.05) is 0 Å². The molecule has 5 rings (SSSR count). The molecule has 8 heteroatoms. The summed E-state index contributed by atoms with van der Waals surface area (Å²) >= 11 is 0. The van der Waals surface area contributed by atoms with Crippen LogP contribution in [0.4, 0.5) is 4.39 Å². The lowest BCUT2D eigenvalue weighted by molar-refractivity contribution is 0.119. The summed E-state index contributed by atoms with van der Waals surface area (Å²) in [5, 5.41) is 4.97. The van der Waals surface area contributed by atoms with Crippen LogP contribution in [0, 0.1) is 5.82 Å². The Balaban J connectivity index is 1.47. The number of fused-ring (bicyclic) bond motifs is 1. The third-order valence-electron chi connectivity index (χ3n) is 5.99. The summed E-state index contributed by atoms with van der Waals surface area (Å²) in [4.78, 5) is 0. The maximum atomic E-state index is 13.3. The first-order valence-electron chi connectivity index (χ1n) is 11.2. The minimum absolute atomic E-state index is 0.303. The second kappa shape index (κ2) is 8.52. The van der Waals surface area contributed by atoms with Crippen LogP contribution in [-0.2, 0) is 10.0 Å². The molecule has 1 aliphatic carbocycles. The van der Waals surface area contributed by atoms with Gasteiger partial charge in [0.15, 0.2) is 0 Å². The minimum Gasteiger partial charge on any atom is -0.484 e. The van der Waals surface area contributed by atoms with E-state index in [1.165, 1.54) is 12.1 Å². The molecule has 34 heavy (non-hydrogen) atoms. The molecule has 1 fully saturated rings. The molecule has 1 heterocycles. The summed E-state index contributed by atoms with van der Waals surface area (Å²) in [5.41, 5.74) is 1.58. The molecule has 0 saturated heterocycles. The van der Waals surface area contributed by atoms with Gasteiger partial charge in [0, 0.05) is 5.39 Å². The number of benzene rings is 3. The van der Waals surface area contributed by atoms with E-state index >= 15 is 0 Å². The largest absolute Gasteiger partial charge is 0.484 e. The van der Waals surface area contributed by atoms with Crippen LogP contribution in [0.2, 0.25) is 0 Å². The molecule has 1 N–H and O–H groups in total. The van der Waals surface area contributed by atoms with Gasteiger partial charge in [0.1, 0.15) is 17.7 Å². The van der Waals surface area contributed by atoms with Gasteiger partial charge in [0.05, 0.1) is 28.2 Å². The normalized spacial score (nSPS) is 15.4. The van der Waals surface area contributed by atoms with Crippen molar-refractivity contribution in [3.8, 4) is 11.4 Å². The van der Waals surface area contributed by atoms with Crippen LogP contribution < -0.4 is 9.46 Å². The molecule has 0 radical (unpaired) electrons. The van der Waals surface area contributed by atoms with Gasteiger partial charge in [0.2, 0.25) is 10.0 Å². The zero-order valence-electron chi connectivity index (χ0n) is 19.0. The summed E-state index contributed by atoms with van der Waals surface area (Å²) in [5.74, 6) is 0.293. The molecular formula is C26H26FN3O3S.